The Balaban J connectivity index is 1.62. The van der Waals surface area contributed by atoms with Crippen LogP contribution in [0.3, 0.4) is 0 Å². The van der Waals surface area contributed by atoms with Crippen molar-refractivity contribution in [2.24, 2.45) is 0 Å². The number of fused-ring (bicyclic) bond motifs is 3. The van der Waals surface area contributed by atoms with Gasteiger partial charge in [0.2, 0.25) is 0 Å². The standard InChI is InChI=1S/C20H20N4O/c1-2-25-15-8-9-17-16(12-15)18-19(24-17)20(23-13-22-18)21-11-10-14-6-4-3-5-7-14/h3-9,12-13,24H,2,10-11H2,1H3,(H,21,22,23). The zero-order chi connectivity index (χ0) is 17.1. The first-order chi connectivity index (χ1) is 12.3. The fraction of sp³-hybridized carbons (Fsp3) is 0.200. The van der Waals surface area contributed by atoms with Crippen LogP contribution >= 0.6 is 0 Å². The normalized spacial score (nSPS) is 11.1. The van der Waals surface area contributed by atoms with Crippen LogP contribution in [0.25, 0.3) is 21.9 Å². The number of nitrogens with zero attached hydrogens (tertiary/aromatic N) is 2. The van der Waals surface area contributed by atoms with Gasteiger partial charge in [0.05, 0.1) is 6.61 Å². The Morgan fingerprint density at radius 1 is 1.08 bits per heavy atom. The fourth-order valence-corrected chi connectivity index (χ4v) is 3.03. The molecule has 2 aromatic heterocycles. The van der Waals surface area contributed by atoms with Gasteiger partial charge in [-0.1, -0.05) is 30.3 Å². The smallest absolute Gasteiger partial charge is 0.153 e. The maximum absolute atomic E-state index is 5.60. The van der Waals surface area contributed by atoms with Crippen molar-refractivity contribution in [3.05, 3.63) is 60.4 Å². The van der Waals surface area contributed by atoms with E-state index in [1.54, 1.807) is 6.33 Å². The van der Waals surface area contributed by atoms with E-state index in [1.807, 2.05) is 31.2 Å². The van der Waals surface area contributed by atoms with Crippen molar-refractivity contribution >= 4 is 27.8 Å². The van der Waals surface area contributed by atoms with Crippen molar-refractivity contribution < 1.29 is 4.74 Å². The highest BCUT2D eigenvalue weighted by Crippen LogP contribution is 2.30. The number of hydrogen-bond acceptors (Lipinski definition) is 4. The highest BCUT2D eigenvalue weighted by atomic mass is 16.5. The van der Waals surface area contributed by atoms with E-state index in [0.717, 1.165) is 46.5 Å². The van der Waals surface area contributed by atoms with Crippen LogP contribution in [0, 0.1) is 0 Å². The molecule has 4 aromatic rings. The van der Waals surface area contributed by atoms with Crippen LogP contribution in [0.2, 0.25) is 0 Å². The number of hydrogen-bond donors (Lipinski definition) is 2. The van der Waals surface area contributed by atoms with Crippen molar-refractivity contribution in [3.8, 4) is 5.75 Å². The van der Waals surface area contributed by atoms with E-state index in [-0.39, 0.29) is 0 Å². The van der Waals surface area contributed by atoms with Crippen molar-refractivity contribution in [2.45, 2.75) is 13.3 Å². The average molecular weight is 332 g/mol. The Labute approximate surface area is 146 Å². The Kier molecular flexibility index (Phi) is 4.21. The first-order valence-corrected chi connectivity index (χ1v) is 8.52. The van der Waals surface area contributed by atoms with Gasteiger partial charge in [-0.15, -0.1) is 0 Å². The Hall–Kier alpha value is -3.08. The van der Waals surface area contributed by atoms with Gasteiger partial charge in [-0.05, 0) is 37.1 Å². The van der Waals surface area contributed by atoms with E-state index < -0.39 is 0 Å². The molecule has 4 rings (SSSR count). The van der Waals surface area contributed by atoms with Crippen LogP contribution in [0.1, 0.15) is 12.5 Å². The molecule has 0 radical (unpaired) electrons. The summed E-state index contributed by atoms with van der Waals surface area (Å²) < 4.78 is 5.60. The third kappa shape index (κ3) is 3.13. The molecule has 2 heterocycles. The first kappa shape index (κ1) is 15.4. The third-order valence-corrected chi connectivity index (χ3v) is 4.21. The Bertz CT molecular complexity index is 995. The van der Waals surface area contributed by atoms with E-state index in [2.05, 4.69) is 44.5 Å². The van der Waals surface area contributed by atoms with Gasteiger partial charge in [-0.25, -0.2) is 9.97 Å². The largest absolute Gasteiger partial charge is 0.494 e. The molecule has 0 fully saturated rings. The van der Waals surface area contributed by atoms with Crippen LogP contribution in [0.5, 0.6) is 5.75 Å². The number of anilines is 1. The fourth-order valence-electron chi connectivity index (χ4n) is 3.03. The Morgan fingerprint density at radius 2 is 1.96 bits per heavy atom. The summed E-state index contributed by atoms with van der Waals surface area (Å²) in [6.45, 7) is 3.45. The molecule has 25 heavy (non-hydrogen) atoms. The van der Waals surface area contributed by atoms with E-state index >= 15 is 0 Å². The summed E-state index contributed by atoms with van der Waals surface area (Å²) in [5.74, 6) is 1.68. The Morgan fingerprint density at radius 3 is 2.80 bits per heavy atom. The summed E-state index contributed by atoms with van der Waals surface area (Å²) in [5.41, 5.74) is 4.18. The molecule has 5 nitrogen and oxygen atoms in total. The molecule has 0 spiro atoms. The number of aromatic amines is 1. The molecule has 0 saturated heterocycles. The molecule has 0 atom stereocenters. The highest BCUT2D eigenvalue weighted by molar-refractivity contribution is 6.08. The third-order valence-electron chi connectivity index (χ3n) is 4.21. The molecule has 0 saturated carbocycles. The van der Waals surface area contributed by atoms with Gasteiger partial charge in [0.15, 0.2) is 5.82 Å². The van der Waals surface area contributed by atoms with Gasteiger partial charge < -0.3 is 15.0 Å². The van der Waals surface area contributed by atoms with Gasteiger partial charge in [-0.3, -0.25) is 0 Å². The molecule has 2 aromatic carbocycles. The summed E-state index contributed by atoms with van der Waals surface area (Å²) in [5, 5.41) is 4.47. The second kappa shape index (κ2) is 6.81. The van der Waals surface area contributed by atoms with Gasteiger partial charge in [0, 0.05) is 17.4 Å². The summed E-state index contributed by atoms with van der Waals surface area (Å²) in [6.07, 6.45) is 2.55. The second-order valence-electron chi connectivity index (χ2n) is 5.87. The molecule has 0 aliphatic rings. The van der Waals surface area contributed by atoms with Gasteiger partial charge in [0.1, 0.15) is 23.1 Å². The predicted octanol–water partition coefficient (Wildman–Crippen LogP) is 4.16. The lowest BCUT2D eigenvalue weighted by Crippen LogP contribution is -2.07. The topological polar surface area (TPSA) is 62.8 Å². The summed E-state index contributed by atoms with van der Waals surface area (Å²) in [7, 11) is 0. The molecule has 2 N–H and O–H groups in total. The number of ether oxygens (including phenoxy) is 1. The molecular weight excluding hydrogens is 312 g/mol. The lowest BCUT2D eigenvalue weighted by Gasteiger charge is -2.06. The van der Waals surface area contributed by atoms with E-state index in [4.69, 9.17) is 4.74 Å². The van der Waals surface area contributed by atoms with E-state index in [0.29, 0.717) is 6.61 Å². The number of aromatic nitrogens is 3. The zero-order valence-electron chi connectivity index (χ0n) is 14.1. The maximum atomic E-state index is 5.60. The summed E-state index contributed by atoms with van der Waals surface area (Å²) in [6, 6.07) is 16.4. The van der Waals surface area contributed by atoms with Gasteiger partial charge in [0.25, 0.3) is 0 Å². The second-order valence-corrected chi connectivity index (χ2v) is 5.87. The summed E-state index contributed by atoms with van der Waals surface area (Å²) >= 11 is 0. The minimum Gasteiger partial charge on any atom is -0.494 e. The minimum absolute atomic E-state index is 0.648. The summed E-state index contributed by atoms with van der Waals surface area (Å²) in [4.78, 5) is 12.3. The van der Waals surface area contributed by atoms with Gasteiger partial charge >= 0.3 is 0 Å². The zero-order valence-corrected chi connectivity index (χ0v) is 14.1. The molecular formula is C20H20N4O. The van der Waals surface area contributed by atoms with E-state index in [1.165, 1.54) is 5.56 Å². The van der Waals surface area contributed by atoms with Crippen LogP contribution in [-0.2, 0) is 6.42 Å². The molecule has 0 amide bonds. The first-order valence-electron chi connectivity index (χ1n) is 8.52. The van der Waals surface area contributed by atoms with Crippen LogP contribution in [0.4, 0.5) is 5.82 Å². The number of benzene rings is 2. The molecule has 5 heteroatoms. The number of nitrogens with one attached hydrogen (secondary N) is 2. The van der Waals surface area contributed by atoms with Crippen molar-refractivity contribution in [3.63, 3.8) is 0 Å². The van der Waals surface area contributed by atoms with Crippen LogP contribution in [0.15, 0.2) is 54.9 Å². The lowest BCUT2D eigenvalue weighted by atomic mass is 10.1. The molecule has 0 aliphatic carbocycles. The molecule has 0 bridgehead atoms. The number of rotatable bonds is 6. The highest BCUT2D eigenvalue weighted by Gasteiger charge is 2.11. The monoisotopic (exact) mass is 332 g/mol. The van der Waals surface area contributed by atoms with Crippen LogP contribution < -0.4 is 10.1 Å². The predicted molar refractivity (Wildman–Crippen MR) is 101 cm³/mol. The molecule has 0 unspecified atom stereocenters. The lowest BCUT2D eigenvalue weighted by molar-refractivity contribution is 0.341. The maximum Gasteiger partial charge on any atom is 0.153 e. The molecule has 126 valence electrons. The minimum atomic E-state index is 0.648. The molecule has 0 aliphatic heterocycles. The van der Waals surface area contributed by atoms with Crippen molar-refractivity contribution in [1.82, 2.24) is 15.0 Å². The van der Waals surface area contributed by atoms with Crippen molar-refractivity contribution in [1.29, 1.82) is 0 Å². The number of H-pyrrole nitrogens is 1. The van der Waals surface area contributed by atoms with Crippen LogP contribution in [-0.4, -0.2) is 28.1 Å². The van der Waals surface area contributed by atoms with Crippen molar-refractivity contribution in [2.75, 3.05) is 18.5 Å². The van der Waals surface area contributed by atoms with Gasteiger partial charge in [-0.2, -0.15) is 0 Å². The SMILES string of the molecule is CCOc1ccc2[nH]c3c(NCCc4ccccc4)ncnc3c2c1. The average Bonchev–Trinajstić information content (AvgIpc) is 3.02. The quantitative estimate of drug-likeness (QED) is 0.556. The van der Waals surface area contributed by atoms with E-state index in [9.17, 15) is 0 Å².